The summed E-state index contributed by atoms with van der Waals surface area (Å²) in [6.07, 6.45) is -2.58. The van der Waals surface area contributed by atoms with Crippen LogP contribution in [0, 0.1) is 0 Å². The summed E-state index contributed by atoms with van der Waals surface area (Å²) in [5.41, 5.74) is 0.465. The Bertz CT molecular complexity index is 548. The molecule has 0 spiro atoms. The molecule has 8 heteroatoms. The summed E-state index contributed by atoms with van der Waals surface area (Å²) < 4.78 is 35.9. The number of halogens is 2. The van der Waals surface area contributed by atoms with Gasteiger partial charge in [0.25, 0.3) is 6.43 Å². The number of rotatable bonds is 4. The fourth-order valence-corrected chi connectivity index (χ4v) is 2.05. The molecule has 0 unspecified atom stereocenters. The second kappa shape index (κ2) is 6.45. The van der Waals surface area contributed by atoms with Gasteiger partial charge in [0, 0.05) is 5.69 Å². The van der Waals surface area contributed by atoms with Crippen LogP contribution in [0.1, 0.15) is 27.7 Å². The minimum absolute atomic E-state index is 0.427. The number of hydrogen-bond donors (Lipinski definition) is 2. The topological polar surface area (TPSA) is 59.6 Å². The summed E-state index contributed by atoms with van der Waals surface area (Å²) in [5.74, 6) is 0. The number of carbonyl (C=O) groups is 1. The molecule has 0 bridgehead atoms. The van der Waals surface area contributed by atoms with Gasteiger partial charge in [-0.15, -0.1) is 0 Å². The first-order chi connectivity index (χ1) is 10.6. The van der Waals surface area contributed by atoms with Gasteiger partial charge in [0.2, 0.25) is 0 Å². The SMILES string of the molecule is CC1(C)OB(c2ccc(NC(=O)NCC(F)F)cc2)OC1(C)C. The average molecular weight is 326 g/mol. The lowest BCUT2D eigenvalue weighted by molar-refractivity contribution is 0.00578. The minimum Gasteiger partial charge on any atom is -0.399 e. The molecule has 126 valence electrons. The molecule has 1 heterocycles. The van der Waals surface area contributed by atoms with Crippen molar-refractivity contribution in [1.82, 2.24) is 5.32 Å². The van der Waals surface area contributed by atoms with Gasteiger partial charge in [0.15, 0.2) is 0 Å². The molecule has 0 saturated carbocycles. The zero-order valence-corrected chi connectivity index (χ0v) is 13.7. The summed E-state index contributed by atoms with van der Waals surface area (Å²) in [6, 6.07) is 6.20. The van der Waals surface area contributed by atoms with Gasteiger partial charge in [-0.25, -0.2) is 13.6 Å². The standard InChI is InChI=1S/C15H21BF2N2O3/c1-14(2)15(3,4)23-16(22-14)10-5-7-11(8-6-10)20-13(21)19-9-12(17)18/h5-8,12H,9H2,1-4H3,(H2,19,20,21). The maximum absolute atomic E-state index is 12.0. The van der Waals surface area contributed by atoms with E-state index in [2.05, 4.69) is 10.6 Å². The highest BCUT2D eigenvalue weighted by Crippen LogP contribution is 2.36. The van der Waals surface area contributed by atoms with E-state index in [4.69, 9.17) is 9.31 Å². The van der Waals surface area contributed by atoms with E-state index in [1.807, 2.05) is 27.7 Å². The number of urea groups is 1. The van der Waals surface area contributed by atoms with Crippen molar-refractivity contribution in [3.05, 3.63) is 24.3 Å². The highest BCUT2D eigenvalue weighted by molar-refractivity contribution is 6.62. The normalized spacial score (nSPS) is 19.0. The quantitative estimate of drug-likeness (QED) is 0.835. The van der Waals surface area contributed by atoms with Crippen LogP contribution in [-0.4, -0.2) is 37.3 Å². The molecular weight excluding hydrogens is 305 g/mol. The molecule has 1 saturated heterocycles. The molecule has 1 aliphatic rings. The molecule has 0 aromatic heterocycles. The molecule has 2 amide bonds. The summed E-state index contributed by atoms with van der Waals surface area (Å²) in [5, 5.41) is 4.55. The molecule has 0 aliphatic carbocycles. The van der Waals surface area contributed by atoms with Gasteiger partial charge in [0.05, 0.1) is 17.7 Å². The highest BCUT2D eigenvalue weighted by Gasteiger charge is 2.51. The first kappa shape index (κ1) is 17.7. The number of nitrogens with one attached hydrogen (secondary N) is 2. The van der Waals surface area contributed by atoms with Crippen LogP contribution in [0.25, 0.3) is 0 Å². The fraction of sp³-hybridized carbons (Fsp3) is 0.533. The first-order valence-electron chi connectivity index (χ1n) is 7.39. The number of anilines is 1. The van der Waals surface area contributed by atoms with E-state index in [9.17, 15) is 13.6 Å². The van der Waals surface area contributed by atoms with Crippen molar-refractivity contribution in [2.45, 2.75) is 45.3 Å². The number of alkyl halides is 2. The smallest absolute Gasteiger partial charge is 0.399 e. The van der Waals surface area contributed by atoms with Crippen LogP contribution in [-0.2, 0) is 9.31 Å². The van der Waals surface area contributed by atoms with Gasteiger partial charge in [-0.05, 0) is 45.3 Å². The summed E-state index contributed by atoms with van der Waals surface area (Å²) in [7, 11) is -0.485. The van der Waals surface area contributed by atoms with Crippen molar-refractivity contribution >= 4 is 24.3 Å². The van der Waals surface area contributed by atoms with E-state index in [0.29, 0.717) is 5.69 Å². The highest BCUT2D eigenvalue weighted by atomic mass is 19.3. The molecular formula is C15H21BF2N2O3. The van der Waals surface area contributed by atoms with E-state index in [0.717, 1.165) is 5.46 Å². The van der Waals surface area contributed by atoms with Crippen molar-refractivity contribution in [1.29, 1.82) is 0 Å². The van der Waals surface area contributed by atoms with Crippen LogP contribution in [0.15, 0.2) is 24.3 Å². The van der Waals surface area contributed by atoms with Crippen molar-refractivity contribution in [2.24, 2.45) is 0 Å². The zero-order chi connectivity index (χ0) is 17.3. The minimum atomic E-state index is -2.58. The Morgan fingerprint density at radius 1 is 1.13 bits per heavy atom. The fourth-order valence-electron chi connectivity index (χ4n) is 2.05. The largest absolute Gasteiger partial charge is 0.494 e. The van der Waals surface area contributed by atoms with Crippen LogP contribution in [0.5, 0.6) is 0 Å². The van der Waals surface area contributed by atoms with Crippen LogP contribution < -0.4 is 16.1 Å². The predicted molar refractivity (Wildman–Crippen MR) is 85.2 cm³/mol. The zero-order valence-electron chi connectivity index (χ0n) is 13.7. The van der Waals surface area contributed by atoms with Crippen molar-refractivity contribution in [2.75, 3.05) is 11.9 Å². The Morgan fingerprint density at radius 2 is 1.65 bits per heavy atom. The Balaban J connectivity index is 1.97. The summed E-state index contributed by atoms with van der Waals surface area (Å²) in [4.78, 5) is 11.4. The van der Waals surface area contributed by atoms with Gasteiger partial charge in [-0.1, -0.05) is 12.1 Å². The van der Waals surface area contributed by atoms with Crippen LogP contribution in [0.3, 0.4) is 0 Å². The van der Waals surface area contributed by atoms with Crippen LogP contribution >= 0.6 is 0 Å². The summed E-state index contributed by atoms with van der Waals surface area (Å²) in [6.45, 7) is 7.19. The molecule has 23 heavy (non-hydrogen) atoms. The third-order valence-electron chi connectivity index (χ3n) is 4.11. The van der Waals surface area contributed by atoms with Gasteiger partial charge >= 0.3 is 13.1 Å². The molecule has 1 aromatic rings. The maximum atomic E-state index is 12.0. The predicted octanol–water partition coefficient (Wildman–Crippen LogP) is 2.37. The molecule has 0 atom stereocenters. The number of carbonyl (C=O) groups excluding carboxylic acids is 1. The van der Waals surface area contributed by atoms with Crippen molar-refractivity contribution in [3.8, 4) is 0 Å². The lowest BCUT2D eigenvalue weighted by Crippen LogP contribution is -2.41. The van der Waals surface area contributed by atoms with Crippen LogP contribution in [0.4, 0.5) is 19.3 Å². The molecule has 1 fully saturated rings. The van der Waals surface area contributed by atoms with Crippen molar-refractivity contribution in [3.63, 3.8) is 0 Å². The van der Waals surface area contributed by atoms with Crippen LogP contribution in [0.2, 0.25) is 0 Å². The Labute approximate surface area is 134 Å². The number of amides is 2. The van der Waals surface area contributed by atoms with E-state index in [1.165, 1.54) is 0 Å². The van der Waals surface area contributed by atoms with Gasteiger partial charge in [-0.3, -0.25) is 0 Å². The molecule has 5 nitrogen and oxygen atoms in total. The van der Waals surface area contributed by atoms with Gasteiger partial charge in [-0.2, -0.15) is 0 Å². The third-order valence-corrected chi connectivity index (χ3v) is 4.11. The maximum Gasteiger partial charge on any atom is 0.494 e. The summed E-state index contributed by atoms with van der Waals surface area (Å²) >= 11 is 0. The lowest BCUT2D eigenvalue weighted by atomic mass is 9.79. The third kappa shape index (κ3) is 4.20. The molecule has 2 N–H and O–H groups in total. The molecule has 1 aliphatic heterocycles. The van der Waals surface area contributed by atoms with E-state index < -0.39 is 37.3 Å². The van der Waals surface area contributed by atoms with Gasteiger partial charge < -0.3 is 19.9 Å². The molecule has 2 rings (SSSR count). The molecule has 0 radical (unpaired) electrons. The average Bonchev–Trinajstić information content (AvgIpc) is 2.66. The van der Waals surface area contributed by atoms with E-state index in [-0.39, 0.29) is 0 Å². The second-order valence-electron chi connectivity index (χ2n) is 6.44. The Morgan fingerprint density at radius 3 is 2.13 bits per heavy atom. The Hall–Kier alpha value is -1.67. The van der Waals surface area contributed by atoms with Gasteiger partial charge in [0.1, 0.15) is 0 Å². The lowest BCUT2D eigenvalue weighted by Gasteiger charge is -2.32. The van der Waals surface area contributed by atoms with E-state index >= 15 is 0 Å². The first-order valence-corrected chi connectivity index (χ1v) is 7.39. The van der Waals surface area contributed by atoms with Crippen molar-refractivity contribution < 1.29 is 22.9 Å². The number of benzene rings is 1. The second-order valence-corrected chi connectivity index (χ2v) is 6.44. The monoisotopic (exact) mass is 326 g/mol. The number of hydrogen-bond acceptors (Lipinski definition) is 3. The molecule has 1 aromatic carbocycles. The Kier molecular flexibility index (Phi) is 4.96. The van der Waals surface area contributed by atoms with E-state index in [1.54, 1.807) is 24.3 Å².